The Hall–Kier alpha value is -2.31. The van der Waals surface area contributed by atoms with Crippen molar-refractivity contribution < 1.29 is 67.5 Å². The van der Waals surface area contributed by atoms with Crippen LogP contribution in [-0.4, -0.2) is 139 Å². The van der Waals surface area contributed by atoms with Gasteiger partial charge in [-0.15, -0.1) is 0 Å². The summed E-state index contributed by atoms with van der Waals surface area (Å²) in [5.74, 6) is -2.43. The molecule has 7 aliphatic rings. The van der Waals surface area contributed by atoms with Gasteiger partial charge in [0.25, 0.3) is 0 Å². The van der Waals surface area contributed by atoms with Crippen LogP contribution in [0, 0.1) is 23.7 Å². The number of fused-ring (bicyclic) bond motifs is 2. The van der Waals surface area contributed by atoms with Gasteiger partial charge in [0.05, 0.1) is 49.3 Å². The summed E-state index contributed by atoms with van der Waals surface area (Å²) in [5.41, 5.74) is 0.974. The molecule has 63 heavy (non-hydrogen) atoms. The van der Waals surface area contributed by atoms with E-state index in [-0.39, 0.29) is 36.8 Å². The van der Waals surface area contributed by atoms with E-state index in [0.717, 1.165) is 17.6 Å². The molecule has 18 unspecified atom stereocenters. The normalized spacial score (nSPS) is 48.6. The summed E-state index contributed by atoms with van der Waals surface area (Å²) >= 11 is 0. The molecule has 14 heteroatoms. The lowest BCUT2D eigenvalue weighted by molar-refractivity contribution is -0.318. The van der Waals surface area contributed by atoms with Gasteiger partial charge in [-0.3, -0.25) is 4.79 Å². The molecule has 354 valence electrons. The third kappa shape index (κ3) is 10.3. The summed E-state index contributed by atoms with van der Waals surface area (Å²) in [5, 5.41) is 34.4. The summed E-state index contributed by atoms with van der Waals surface area (Å²) in [4.78, 5) is 14.4. The zero-order valence-corrected chi connectivity index (χ0v) is 39.1. The highest BCUT2D eigenvalue weighted by molar-refractivity contribution is 5.78. The number of aliphatic hydroxyl groups excluding tert-OH is 2. The molecule has 14 nitrogen and oxygen atoms in total. The third-order valence-electron chi connectivity index (χ3n) is 14.3. The van der Waals surface area contributed by atoms with Crippen molar-refractivity contribution in [3.8, 4) is 0 Å². The van der Waals surface area contributed by atoms with E-state index in [1.54, 1.807) is 34.1 Å². The van der Waals surface area contributed by atoms with Crippen molar-refractivity contribution in [1.29, 1.82) is 0 Å². The standard InChI is InChI=1S/C49H74O14/c1-25(2)16-37-27(4)14-15-48(63-37)23-35-20-34(62-48)13-12-28(5)44(60-41-22-39(55-11)45(32(9)58-41)61-40-21-38(54-10)43(51)31(8)57-40)30(7)17-26(3)18-33-24-56-46-42(50)29(6)19-36(47(52)59-35)49(33,46)53/h12,14-15,17-19,25,27,30-32,34-46,50-51,53H,13,16,20-24H2,1-11H3/b26-17+,28-12+,33-18+/t27?,30?,31?,32?,34?,35?,36?,37?,38?,39?,40?,41?,42?,43?,44-,45?,46?,48?,49?/m0/s1. The number of hydrogen-bond donors (Lipinski definition) is 3. The maximum absolute atomic E-state index is 14.4. The van der Waals surface area contributed by atoms with E-state index in [9.17, 15) is 20.1 Å². The van der Waals surface area contributed by atoms with E-state index in [2.05, 4.69) is 45.9 Å². The molecule has 0 amide bonds. The van der Waals surface area contributed by atoms with Crippen LogP contribution in [0.5, 0.6) is 0 Å². The predicted molar refractivity (Wildman–Crippen MR) is 232 cm³/mol. The minimum atomic E-state index is -1.84. The maximum Gasteiger partial charge on any atom is 0.316 e. The summed E-state index contributed by atoms with van der Waals surface area (Å²) in [6, 6.07) is 0. The second-order valence-corrected chi connectivity index (χ2v) is 19.8. The number of carbonyl (C=O) groups is 1. The first-order valence-electron chi connectivity index (χ1n) is 23.2. The van der Waals surface area contributed by atoms with Gasteiger partial charge in [-0.2, -0.15) is 0 Å². The van der Waals surface area contributed by atoms with Crippen LogP contribution in [0.1, 0.15) is 101 Å². The first-order chi connectivity index (χ1) is 29.8. The number of aliphatic hydroxyl groups is 3. The van der Waals surface area contributed by atoms with Gasteiger partial charge in [0.2, 0.25) is 0 Å². The van der Waals surface area contributed by atoms with Crippen LogP contribution in [0.4, 0.5) is 0 Å². The lowest BCUT2D eigenvalue weighted by Gasteiger charge is -2.47. The Kier molecular flexibility index (Phi) is 15.3. The molecule has 1 aliphatic carbocycles. The molecule has 0 radical (unpaired) electrons. The molecule has 7 rings (SSSR count). The van der Waals surface area contributed by atoms with Gasteiger partial charge in [0, 0.05) is 51.7 Å². The Bertz CT molecular complexity index is 1770. The monoisotopic (exact) mass is 887 g/mol. The van der Waals surface area contributed by atoms with Crippen molar-refractivity contribution in [2.24, 2.45) is 23.7 Å². The molecule has 2 bridgehead atoms. The molecule has 6 aliphatic heterocycles. The lowest BCUT2D eigenvalue weighted by atomic mass is 9.70. The summed E-state index contributed by atoms with van der Waals surface area (Å²) in [6.07, 6.45) is 6.76. The molecule has 3 N–H and O–H groups in total. The quantitative estimate of drug-likeness (QED) is 0.198. The second kappa shape index (κ2) is 19.9. The third-order valence-corrected chi connectivity index (χ3v) is 14.3. The minimum Gasteiger partial charge on any atom is -0.462 e. The highest BCUT2D eigenvalue weighted by atomic mass is 16.7. The number of ether oxygens (including phenoxy) is 10. The summed E-state index contributed by atoms with van der Waals surface area (Å²) in [6.45, 7) is 18.1. The molecule has 1 spiro atoms. The van der Waals surface area contributed by atoms with Crippen molar-refractivity contribution in [3.05, 3.63) is 58.7 Å². The zero-order valence-electron chi connectivity index (χ0n) is 39.1. The van der Waals surface area contributed by atoms with Crippen molar-refractivity contribution in [2.75, 3.05) is 20.8 Å². The fourth-order valence-corrected chi connectivity index (χ4v) is 10.8. The van der Waals surface area contributed by atoms with Crippen molar-refractivity contribution in [1.82, 2.24) is 0 Å². The summed E-state index contributed by atoms with van der Waals surface area (Å²) in [7, 11) is 3.22. The van der Waals surface area contributed by atoms with Crippen LogP contribution in [0.2, 0.25) is 0 Å². The number of rotatable bonds is 8. The fourth-order valence-electron chi connectivity index (χ4n) is 10.8. The molecule has 4 saturated heterocycles. The Labute approximate surface area is 373 Å². The Balaban J connectivity index is 1.20. The fraction of sp³-hybridized carbons (Fsp3) is 0.776. The SMILES string of the molecule is COC1CC(OC2C(C)OC(O[C@H]3/C(C)=C/CC4CC(CC5(C=CC(C)C(CC(C)C)O5)O4)OC(=O)C4C=C(C)C(O)C5OC/C(=C\C(C)=C\C3C)C45O)CC2OC)OC(C)C1O. The van der Waals surface area contributed by atoms with E-state index in [0.29, 0.717) is 49.2 Å². The van der Waals surface area contributed by atoms with Gasteiger partial charge in [-0.05, 0) is 76.2 Å². The molecule has 0 aromatic carbocycles. The van der Waals surface area contributed by atoms with Gasteiger partial charge < -0.3 is 62.7 Å². The minimum absolute atomic E-state index is 0.0328. The Morgan fingerprint density at radius 1 is 0.857 bits per heavy atom. The van der Waals surface area contributed by atoms with E-state index in [1.807, 2.05) is 32.9 Å². The molecule has 19 atom stereocenters. The second-order valence-electron chi connectivity index (χ2n) is 19.8. The van der Waals surface area contributed by atoms with Crippen LogP contribution < -0.4 is 0 Å². The van der Waals surface area contributed by atoms with Gasteiger partial charge in [-0.25, -0.2) is 0 Å². The van der Waals surface area contributed by atoms with Crippen molar-refractivity contribution in [2.45, 2.75) is 198 Å². The Morgan fingerprint density at radius 2 is 1.56 bits per heavy atom. The van der Waals surface area contributed by atoms with Crippen LogP contribution in [0.25, 0.3) is 0 Å². The Morgan fingerprint density at radius 3 is 2.27 bits per heavy atom. The van der Waals surface area contributed by atoms with E-state index in [1.165, 1.54) is 0 Å². The van der Waals surface area contributed by atoms with Crippen LogP contribution >= 0.6 is 0 Å². The predicted octanol–water partition coefficient (Wildman–Crippen LogP) is 5.77. The first-order valence-corrected chi connectivity index (χ1v) is 23.2. The zero-order chi connectivity index (χ0) is 45.5. The molecular weight excluding hydrogens is 813 g/mol. The molecular formula is C49H74O14. The first kappa shape index (κ1) is 48.6. The highest BCUT2D eigenvalue weighted by Crippen LogP contribution is 2.47. The van der Waals surface area contributed by atoms with Crippen LogP contribution in [-0.2, 0) is 52.2 Å². The lowest BCUT2D eigenvalue weighted by Crippen LogP contribution is -2.58. The maximum atomic E-state index is 14.4. The number of hydrogen-bond acceptors (Lipinski definition) is 14. The number of methoxy groups -OCH3 is 2. The van der Waals surface area contributed by atoms with E-state index >= 15 is 0 Å². The molecule has 6 heterocycles. The van der Waals surface area contributed by atoms with Crippen LogP contribution in [0.15, 0.2) is 58.7 Å². The summed E-state index contributed by atoms with van der Waals surface area (Å²) < 4.78 is 63.9. The number of carbonyl (C=O) groups excluding carboxylic acids is 1. The molecule has 0 aromatic rings. The number of allylic oxidation sites excluding steroid dienone is 2. The highest BCUT2D eigenvalue weighted by Gasteiger charge is 2.60. The number of esters is 1. The average Bonchev–Trinajstić information content (AvgIpc) is 3.55. The van der Waals surface area contributed by atoms with Gasteiger partial charge in [0.15, 0.2) is 18.4 Å². The van der Waals surface area contributed by atoms with Gasteiger partial charge >= 0.3 is 5.97 Å². The topological polar surface area (TPSA) is 170 Å². The molecule has 0 saturated carbocycles. The van der Waals surface area contributed by atoms with E-state index < -0.39 is 90.8 Å². The van der Waals surface area contributed by atoms with Crippen molar-refractivity contribution >= 4 is 5.97 Å². The smallest absolute Gasteiger partial charge is 0.316 e. The average molecular weight is 887 g/mol. The van der Waals surface area contributed by atoms with Gasteiger partial charge in [0.1, 0.15) is 42.0 Å². The molecule has 0 aromatic heterocycles. The van der Waals surface area contributed by atoms with E-state index in [4.69, 9.17) is 47.4 Å². The largest absolute Gasteiger partial charge is 0.462 e. The van der Waals surface area contributed by atoms with Gasteiger partial charge in [-0.1, -0.05) is 63.6 Å². The van der Waals surface area contributed by atoms with Crippen LogP contribution in [0.3, 0.4) is 0 Å². The van der Waals surface area contributed by atoms with Crippen molar-refractivity contribution in [3.63, 3.8) is 0 Å². The molecule has 4 fully saturated rings.